The van der Waals surface area contributed by atoms with Gasteiger partial charge in [0.1, 0.15) is 0 Å². The Morgan fingerprint density at radius 2 is 1.76 bits per heavy atom. The molecule has 128 valence electrons. The van der Waals surface area contributed by atoms with Crippen LogP contribution in [0.1, 0.15) is 12.5 Å². The van der Waals surface area contributed by atoms with E-state index in [1.807, 2.05) is 60.0 Å². The number of aromatic nitrogens is 3. The summed E-state index contributed by atoms with van der Waals surface area (Å²) in [5.41, 5.74) is 8.36. The molecule has 1 amide bonds. The second-order valence-corrected chi connectivity index (χ2v) is 7.39. The van der Waals surface area contributed by atoms with Crippen LogP contribution in [0, 0.1) is 6.92 Å². The van der Waals surface area contributed by atoms with Crippen LogP contribution in [0.2, 0.25) is 5.02 Å². The van der Waals surface area contributed by atoms with E-state index >= 15 is 0 Å². The molecule has 0 saturated heterocycles. The first-order valence-electron chi connectivity index (χ1n) is 7.70. The van der Waals surface area contributed by atoms with Crippen molar-refractivity contribution in [1.82, 2.24) is 14.8 Å². The average molecular weight is 373 g/mol. The number of rotatable bonds is 5. The highest BCUT2D eigenvalue weighted by Gasteiger charge is 2.20. The van der Waals surface area contributed by atoms with Gasteiger partial charge < -0.3 is 5.73 Å². The number of carbonyl (C=O) groups excluding carboxylic acids is 1. The molecule has 25 heavy (non-hydrogen) atoms. The van der Waals surface area contributed by atoms with Crippen LogP contribution >= 0.6 is 23.4 Å². The summed E-state index contributed by atoms with van der Waals surface area (Å²) in [5, 5.41) is 9.44. The van der Waals surface area contributed by atoms with Gasteiger partial charge in [0.25, 0.3) is 0 Å². The Morgan fingerprint density at radius 3 is 2.36 bits per heavy atom. The molecule has 1 atom stereocenters. The molecule has 7 heteroatoms. The molecule has 2 aromatic carbocycles. The number of aryl methyl sites for hydroxylation is 1. The molecular weight excluding hydrogens is 356 g/mol. The molecule has 0 bridgehead atoms. The van der Waals surface area contributed by atoms with E-state index in [1.54, 1.807) is 6.92 Å². The molecule has 0 aliphatic heterocycles. The quantitative estimate of drug-likeness (QED) is 0.690. The number of halogens is 1. The molecule has 3 rings (SSSR count). The Morgan fingerprint density at radius 1 is 1.12 bits per heavy atom. The van der Waals surface area contributed by atoms with E-state index < -0.39 is 11.2 Å². The van der Waals surface area contributed by atoms with E-state index in [-0.39, 0.29) is 0 Å². The molecule has 5 nitrogen and oxygen atoms in total. The van der Waals surface area contributed by atoms with Crippen LogP contribution in [0.4, 0.5) is 0 Å². The molecule has 0 saturated carbocycles. The first-order valence-corrected chi connectivity index (χ1v) is 8.96. The monoisotopic (exact) mass is 372 g/mol. The Kier molecular flexibility index (Phi) is 5.11. The third kappa shape index (κ3) is 3.86. The summed E-state index contributed by atoms with van der Waals surface area (Å²) in [7, 11) is 0. The summed E-state index contributed by atoms with van der Waals surface area (Å²) in [6.45, 7) is 3.78. The highest BCUT2D eigenvalue weighted by molar-refractivity contribution is 8.00. The van der Waals surface area contributed by atoms with Crippen molar-refractivity contribution >= 4 is 29.3 Å². The summed E-state index contributed by atoms with van der Waals surface area (Å²) in [4.78, 5) is 11.4. The first-order chi connectivity index (χ1) is 12.0. The predicted molar refractivity (Wildman–Crippen MR) is 101 cm³/mol. The van der Waals surface area contributed by atoms with Crippen LogP contribution in [0.25, 0.3) is 17.1 Å². The Hall–Kier alpha value is -2.31. The van der Waals surface area contributed by atoms with Gasteiger partial charge in [-0.3, -0.25) is 9.36 Å². The lowest BCUT2D eigenvalue weighted by Crippen LogP contribution is -2.23. The molecule has 1 heterocycles. The van der Waals surface area contributed by atoms with Crippen LogP contribution in [0.3, 0.4) is 0 Å². The van der Waals surface area contributed by atoms with Crippen LogP contribution in [-0.2, 0) is 4.79 Å². The number of nitrogens with two attached hydrogens (primary N) is 1. The fourth-order valence-electron chi connectivity index (χ4n) is 2.27. The number of primary amides is 1. The van der Waals surface area contributed by atoms with Gasteiger partial charge in [0, 0.05) is 16.3 Å². The summed E-state index contributed by atoms with van der Waals surface area (Å²) in [6.07, 6.45) is 0. The smallest absolute Gasteiger partial charge is 0.230 e. The summed E-state index contributed by atoms with van der Waals surface area (Å²) >= 11 is 7.28. The fourth-order valence-corrected chi connectivity index (χ4v) is 3.22. The SMILES string of the molecule is Cc1ccc(-c2nnc(SC(C)C(N)=O)n2-c2ccc(Cl)cc2)cc1. The lowest BCUT2D eigenvalue weighted by Gasteiger charge is -2.12. The van der Waals surface area contributed by atoms with Gasteiger partial charge in [0.15, 0.2) is 11.0 Å². The minimum absolute atomic E-state index is 0.396. The van der Waals surface area contributed by atoms with Crippen LogP contribution in [-0.4, -0.2) is 25.9 Å². The maximum Gasteiger partial charge on any atom is 0.230 e. The number of benzene rings is 2. The van der Waals surface area contributed by atoms with Crippen LogP contribution in [0.15, 0.2) is 53.7 Å². The lowest BCUT2D eigenvalue weighted by molar-refractivity contribution is -0.117. The second kappa shape index (κ2) is 7.29. The molecule has 3 aromatic rings. The van der Waals surface area contributed by atoms with Crippen molar-refractivity contribution in [1.29, 1.82) is 0 Å². The molecule has 0 aliphatic carbocycles. The fraction of sp³-hybridized carbons (Fsp3) is 0.167. The standard InChI is InChI=1S/C18H17ClN4OS/c1-11-3-5-13(6-4-11)17-21-22-18(25-12(2)16(20)24)23(17)15-9-7-14(19)8-10-15/h3-10,12H,1-2H3,(H2,20,24). The molecule has 0 aliphatic rings. The van der Waals surface area contributed by atoms with Crippen molar-refractivity contribution in [3.8, 4) is 17.1 Å². The van der Waals surface area contributed by atoms with Crippen molar-refractivity contribution < 1.29 is 4.79 Å². The van der Waals surface area contributed by atoms with Gasteiger partial charge in [0.2, 0.25) is 5.91 Å². The van der Waals surface area contributed by atoms with Crippen molar-refractivity contribution in [3.63, 3.8) is 0 Å². The average Bonchev–Trinajstić information content (AvgIpc) is 2.99. The van der Waals surface area contributed by atoms with Crippen molar-refractivity contribution in [2.24, 2.45) is 5.73 Å². The molecule has 1 unspecified atom stereocenters. The zero-order valence-electron chi connectivity index (χ0n) is 13.8. The van der Waals surface area contributed by atoms with E-state index in [1.165, 1.54) is 17.3 Å². The molecule has 0 fully saturated rings. The highest BCUT2D eigenvalue weighted by atomic mass is 35.5. The van der Waals surface area contributed by atoms with Gasteiger partial charge in [-0.15, -0.1) is 10.2 Å². The van der Waals surface area contributed by atoms with Gasteiger partial charge in [0.05, 0.1) is 5.25 Å². The third-order valence-corrected chi connectivity index (χ3v) is 5.02. The number of carbonyl (C=O) groups is 1. The summed E-state index contributed by atoms with van der Waals surface area (Å²) in [5.74, 6) is 0.300. The Labute approximate surface area is 155 Å². The lowest BCUT2D eigenvalue weighted by atomic mass is 10.1. The molecule has 0 radical (unpaired) electrons. The van der Waals surface area contributed by atoms with Crippen molar-refractivity contribution in [3.05, 3.63) is 59.1 Å². The number of nitrogens with zero attached hydrogens (tertiary/aromatic N) is 3. The van der Waals surface area contributed by atoms with Gasteiger partial charge in [-0.2, -0.15) is 0 Å². The van der Waals surface area contributed by atoms with E-state index in [9.17, 15) is 4.79 Å². The van der Waals surface area contributed by atoms with Gasteiger partial charge in [-0.25, -0.2) is 0 Å². The van der Waals surface area contributed by atoms with Crippen LogP contribution < -0.4 is 5.73 Å². The third-order valence-electron chi connectivity index (χ3n) is 3.71. The number of hydrogen-bond donors (Lipinski definition) is 1. The summed E-state index contributed by atoms with van der Waals surface area (Å²) < 4.78 is 1.91. The molecule has 1 aromatic heterocycles. The van der Waals surface area contributed by atoms with Crippen molar-refractivity contribution in [2.75, 3.05) is 0 Å². The van der Waals surface area contributed by atoms with Crippen molar-refractivity contribution in [2.45, 2.75) is 24.3 Å². The molecular formula is C18H17ClN4OS. The largest absolute Gasteiger partial charge is 0.369 e. The maximum absolute atomic E-state index is 11.4. The van der Waals surface area contributed by atoms with E-state index in [0.29, 0.717) is 16.0 Å². The van der Waals surface area contributed by atoms with Crippen LogP contribution in [0.5, 0.6) is 0 Å². The topological polar surface area (TPSA) is 73.8 Å². The van der Waals surface area contributed by atoms with Gasteiger partial charge in [-0.05, 0) is 38.1 Å². The molecule has 2 N–H and O–H groups in total. The zero-order chi connectivity index (χ0) is 18.0. The second-order valence-electron chi connectivity index (χ2n) is 5.65. The zero-order valence-corrected chi connectivity index (χ0v) is 15.4. The minimum Gasteiger partial charge on any atom is -0.369 e. The molecule has 0 spiro atoms. The first kappa shape index (κ1) is 17.5. The van der Waals surface area contributed by atoms with E-state index in [4.69, 9.17) is 17.3 Å². The summed E-state index contributed by atoms with van der Waals surface area (Å²) in [6, 6.07) is 15.4. The Balaban J connectivity index is 2.12. The number of thioether (sulfide) groups is 1. The Bertz CT molecular complexity index is 890. The van der Waals surface area contributed by atoms with E-state index in [0.717, 1.165) is 11.3 Å². The number of hydrogen-bond acceptors (Lipinski definition) is 4. The normalized spacial score (nSPS) is 12.1. The predicted octanol–water partition coefficient (Wildman–Crippen LogP) is 3.86. The minimum atomic E-state index is -0.416. The van der Waals surface area contributed by atoms with E-state index in [2.05, 4.69) is 10.2 Å². The number of amides is 1. The maximum atomic E-state index is 11.4. The van der Waals surface area contributed by atoms with Gasteiger partial charge in [-0.1, -0.05) is 53.2 Å². The van der Waals surface area contributed by atoms with Gasteiger partial charge >= 0.3 is 0 Å². The highest BCUT2D eigenvalue weighted by Crippen LogP contribution is 2.30.